The van der Waals surface area contributed by atoms with Crippen LogP contribution in [0.5, 0.6) is 0 Å². The molecule has 0 bridgehead atoms. The molecule has 0 aliphatic rings. The Labute approximate surface area is 234 Å². The maximum Gasteiger partial charge on any atom is 0.408 e. The van der Waals surface area contributed by atoms with Crippen molar-refractivity contribution in [1.29, 1.82) is 0 Å². The van der Waals surface area contributed by atoms with Crippen LogP contribution in [-0.2, 0) is 32.0 Å². The number of carbonyl (C=O) groups is 4. The summed E-state index contributed by atoms with van der Waals surface area (Å²) in [5.41, 5.74) is 7.35. The molecule has 0 aliphatic heterocycles. The van der Waals surface area contributed by atoms with Crippen LogP contribution in [0.15, 0.2) is 60.8 Å². The van der Waals surface area contributed by atoms with Crippen molar-refractivity contribution >= 4 is 34.7 Å². The summed E-state index contributed by atoms with van der Waals surface area (Å²) in [5, 5.41) is 9.03. The van der Waals surface area contributed by atoms with Crippen molar-refractivity contribution in [2.45, 2.75) is 71.2 Å². The Hall–Kier alpha value is -4.34. The van der Waals surface area contributed by atoms with Gasteiger partial charge in [-0.05, 0) is 43.9 Å². The summed E-state index contributed by atoms with van der Waals surface area (Å²) in [4.78, 5) is 54.8. The Balaban J connectivity index is 1.79. The van der Waals surface area contributed by atoms with E-state index in [1.54, 1.807) is 40.8 Å². The number of para-hydroxylation sites is 1. The first-order valence-corrected chi connectivity index (χ1v) is 13.3. The van der Waals surface area contributed by atoms with Crippen LogP contribution in [0, 0.1) is 5.92 Å². The van der Waals surface area contributed by atoms with Gasteiger partial charge in [0.2, 0.25) is 17.7 Å². The van der Waals surface area contributed by atoms with Gasteiger partial charge in [-0.1, -0.05) is 62.4 Å². The molecule has 0 fully saturated rings. The predicted molar refractivity (Wildman–Crippen MR) is 153 cm³/mol. The highest BCUT2D eigenvalue weighted by Crippen LogP contribution is 2.20. The van der Waals surface area contributed by atoms with Crippen molar-refractivity contribution in [2.75, 3.05) is 0 Å². The maximum absolute atomic E-state index is 13.6. The molecule has 0 radical (unpaired) electrons. The molecule has 40 heavy (non-hydrogen) atoms. The minimum Gasteiger partial charge on any atom is -0.444 e. The molecule has 3 rings (SSSR count). The average molecular weight is 550 g/mol. The Kier molecular flexibility index (Phi) is 9.93. The largest absolute Gasteiger partial charge is 0.444 e. The van der Waals surface area contributed by atoms with Gasteiger partial charge < -0.3 is 31.4 Å². The van der Waals surface area contributed by atoms with Gasteiger partial charge in [-0.3, -0.25) is 14.4 Å². The number of fused-ring (bicyclic) bond motifs is 1. The lowest BCUT2D eigenvalue weighted by atomic mass is 9.99. The summed E-state index contributed by atoms with van der Waals surface area (Å²) in [7, 11) is 0. The van der Waals surface area contributed by atoms with Crippen molar-refractivity contribution < 1.29 is 23.9 Å². The van der Waals surface area contributed by atoms with E-state index in [0.717, 1.165) is 22.0 Å². The summed E-state index contributed by atoms with van der Waals surface area (Å²) in [5.74, 6) is -2.13. The van der Waals surface area contributed by atoms with E-state index < -0.39 is 47.5 Å². The lowest BCUT2D eigenvalue weighted by molar-refractivity contribution is -0.133. The molecule has 10 heteroatoms. The third-order valence-electron chi connectivity index (χ3n) is 6.30. The first-order chi connectivity index (χ1) is 18.8. The van der Waals surface area contributed by atoms with Gasteiger partial charge in [-0.15, -0.1) is 0 Å². The fourth-order valence-corrected chi connectivity index (χ4v) is 4.30. The number of aromatic nitrogens is 1. The second-order valence-corrected chi connectivity index (χ2v) is 11.1. The van der Waals surface area contributed by atoms with Gasteiger partial charge in [0, 0.05) is 29.9 Å². The van der Waals surface area contributed by atoms with Crippen molar-refractivity contribution in [3.05, 3.63) is 71.9 Å². The Morgan fingerprint density at radius 2 is 1.50 bits per heavy atom. The second kappa shape index (κ2) is 13.1. The molecule has 3 atom stereocenters. The molecule has 0 aliphatic carbocycles. The smallest absolute Gasteiger partial charge is 0.408 e. The number of hydrogen-bond acceptors (Lipinski definition) is 5. The first kappa shape index (κ1) is 30.2. The van der Waals surface area contributed by atoms with Gasteiger partial charge in [0.25, 0.3) is 0 Å². The number of H-pyrrole nitrogens is 1. The molecule has 0 unspecified atom stereocenters. The number of alkyl carbamates (subject to hydrolysis) is 1. The van der Waals surface area contributed by atoms with E-state index in [1.165, 1.54) is 0 Å². The standard InChI is InChI=1S/C30H39N5O5/c1-18(2)25(28(38)33-23(26(31)36)15-19-11-7-6-8-12-19)35-27(37)24(34-29(39)40-30(3,4)5)16-20-17-32-22-14-10-9-13-21(20)22/h6-14,17-18,23-25,32H,15-16H2,1-5H3,(H2,31,36)(H,33,38)(H,34,39)(H,35,37)/t23-,24-,25+/m1/s1. The second-order valence-electron chi connectivity index (χ2n) is 11.1. The zero-order chi connectivity index (χ0) is 29.4. The Bertz CT molecular complexity index is 1330. The number of rotatable bonds is 11. The number of hydrogen-bond donors (Lipinski definition) is 5. The molecular weight excluding hydrogens is 510 g/mol. The highest BCUT2D eigenvalue weighted by Gasteiger charge is 2.32. The number of aromatic amines is 1. The molecule has 4 amide bonds. The monoisotopic (exact) mass is 549 g/mol. The van der Waals surface area contributed by atoms with E-state index in [2.05, 4.69) is 20.9 Å². The Morgan fingerprint density at radius 1 is 0.850 bits per heavy atom. The molecule has 3 aromatic rings. The number of amides is 4. The van der Waals surface area contributed by atoms with Crippen molar-refractivity contribution in [3.63, 3.8) is 0 Å². The molecule has 10 nitrogen and oxygen atoms in total. The van der Waals surface area contributed by atoms with Crippen LogP contribution in [-0.4, -0.2) is 52.5 Å². The molecule has 0 saturated heterocycles. The maximum atomic E-state index is 13.6. The third kappa shape index (κ3) is 8.59. The highest BCUT2D eigenvalue weighted by atomic mass is 16.6. The summed E-state index contributed by atoms with van der Waals surface area (Å²) >= 11 is 0. The number of nitrogens with two attached hydrogens (primary N) is 1. The lowest BCUT2D eigenvalue weighted by Crippen LogP contribution is -2.58. The quantitative estimate of drug-likeness (QED) is 0.249. The summed E-state index contributed by atoms with van der Waals surface area (Å²) in [6.45, 7) is 8.73. The molecule has 0 spiro atoms. The zero-order valence-electron chi connectivity index (χ0n) is 23.6. The minimum absolute atomic E-state index is 0.152. The summed E-state index contributed by atoms with van der Waals surface area (Å²) in [6.07, 6.45) is 1.40. The minimum atomic E-state index is -1.04. The topological polar surface area (TPSA) is 155 Å². The molecule has 6 N–H and O–H groups in total. The third-order valence-corrected chi connectivity index (χ3v) is 6.30. The van der Waals surface area contributed by atoms with Crippen LogP contribution in [0.2, 0.25) is 0 Å². The Morgan fingerprint density at radius 3 is 2.12 bits per heavy atom. The number of primary amides is 1. The van der Waals surface area contributed by atoms with Crippen LogP contribution < -0.4 is 21.7 Å². The van der Waals surface area contributed by atoms with Gasteiger partial charge in [0.15, 0.2) is 0 Å². The molecule has 1 heterocycles. The van der Waals surface area contributed by atoms with E-state index in [9.17, 15) is 19.2 Å². The van der Waals surface area contributed by atoms with Gasteiger partial charge >= 0.3 is 6.09 Å². The van der Waals surface area contributed by atoms with Crippen LogP contribution in [0.3, 0.4) is 0 Å². The van der Waals surface area contributed by atoms with E-state index in [1.807, 2.05) is 54.6 Å². The van der Waals surface area contributed by atoms with E-state index in [-0.39, 0.29) is 18.8 Å². The fraction of sp³-hybridized carbons (Fsp3) is 0.400. The average Bonchev–Trinajstić information content (AvgIpc) is 3.28. The normalized spacial score (nSPS) is 13.8. The van der Waals surface area contributed by atoms with Crippen LogP contribution >= 0.6 is 0 Å². The number of nitrogens with one attached hydrogen (secondary N) is 4. The van der Waals surface area contributed by atoms with Crippen LogP contribution in [0.25, 0.3) is 10.9 Å². The number of benzene rings is 2. The first-order valence-electron chi connectivity index (χ1n) is 13.3. The molecule has 2 aromatic carbocycles. The highest BCUT2D eigenvalue weighted by molar-refractivity contribution is 5.94. The van der Waals surface area contributed by atoms with Crippen molar-refractivity contribution in [2.24, 2.45) is 11.7 Å². The number of ether oxygens (including phenoxy) is 1. The molecule has 1 aromatic heterocycles. The van der Waals surface area contributed by atoms with Crippen molar-refractivity contribution in [1.82, 2.24) is 20.9 Å². The van der Waals surface area contributed by atoms with Gasteiger partial charge in [0.05, 0.1) is 0 Å². The van der Waals surface area contributed by atoms with Crippen molar-refractivity contribution in [3.8, 4) is 0 Å². The van der Waals surface area contributed by atoms with E-state index >= 15 is 0 Å². The van der Waals surface area contributed by atoms with Gasteiger partial charge in [-0.2, -0.15) is 0 Å². The summed E-state index contributed by atoms with van der Waals surface area (Å²) in [6, 6.07) is 13.8. The molecule has 0 saturated carbocycles. The fourth-order valence-electron chi connectivity index (χ4n) is 4.30. The van der Waals surface area contributed by atoms with Crippen LogP contribution in [0.1, 0.15) is 45.7 Å². The van der Waals surface area contributed by atoms with Gasteiger partial charge in [-0.25, -0.2) is 4.79 Å². The SMILES string of the molecule is CC(C)[C@H](NC(=O)[C@@H](Cc1c[nH]c2ccccc12)NC(=O)OC(C)(C)C)C(=O)N[C@H](Cc1ccccc1)C(N)=O. The molecule has 214 valence electrons. The van der Waals surface area contributed by atoms with E-state index in [4.69, 9.17) is 10.5 Å². The lowest BCUT2D eigenvalue weighted by Gasteiger charge is -2.27. The van der Waals surface area contributed by atoms with E-state index in [0.29, 0.717) is 0 Å². The zero-order valence-corrected chi connectivity index (χ0v) is 23.6. The predicted octanol–water partition coefficient (Wildman–Crippen LogP) is 2.96. The van der Waals surface area contributed by atoms with Crippen LogP contribution in [0.4, 0.5) is 4.79 Å². The number of carbonyl (C=O) groups excluding carboxylic acids is 4. The summed E-state index contributed by atoms with van der Waals surface area (Å²) < 4.78 is 5.39. The molecular formula is C30H39N5O5. The van der Waals surface area contributed by atoms with Gasteiger partial charge in [0.1, 0.15) is 23.7 Å².